The summed E-state index contributed by atoms with van der Waals surface area (Å²) in [5.74, 6) is 2.95. The molecule has 136 valence electrons. The van der Waals surface area contributed by atoms with Crippen molar-refractivity contribution in [3.05, 3.63) is 47.0 Å². The Balaban J connectivity index is 1.49. The van der Waals surface area contributed by atoms with E-state index in [1.165, 1.54) is 30.4 Å². The molecule has 3 aliphatic rings. The molecule has 4 rings (SSSR count). The van der Waals surface area contributed by atoms with Gasteiger partial charge in [0.25, 0.3) is 0 Å². The van der Waals surface area contributed by atoms with E-state index in [0.29, 0.717) is 29.6 Å². The molecule has 0 amide bonds. The molecule has 5 atom stereocenters. The molecule has 1 aromatic rings. The van der Waals surface area contributed by atoms with Crippen LogP contribution in [0.1, 0.15) is 74.5 Å². The van der Waals surface area contributed by atoms with E-state index in [9.17, 15) is 8.78 Å². The number of allylic oxidation sites excluding steroid dienone is 1. The SMILES string of the molecule is CC1CCc2cc(C3CCC4CC(/C=C/F)CCC4C3)c(F)cc2C1. The largest absolute Gasteiger partial charge is 0.216 e. The van der Waals surface area contributed by atoms with Crippen LogP contribution in [-0.2, 0) is 12.8 Å². The topological polar surface area (TPSA) is 0 Å². The van der Waals surface area contributed by atoms with Crippen molar-refractivity contribution in [3.63, 3.8) is 0 Å². The van der Waals surface area contributed by atoms with Crippen molar-refractivity contribution < 1.29 is 8.78 Å². The van der Waals surface area contributed by atoms with E-state index < -0.39 is 0 Å². The molecule has 25 heavy (non-hydrogen) atoms. The summed E-state index contributed by atoms with van der Waals surface area (Å²) in [5.41, 5.74) is 3.62. The number of hydrogen-bond acceptors (Lipinski definition) is 0. The third-order valence-electron chi connectivity index (χ3n) is 7.23. The third kappa shape index (κ3) is 3.55. The fraction of sp³-hybridized carbons (Fsp3) is 0.652. The van der Waals surface area contributed by atoms with Crippen LogP contribution in [0.25, 0.3) is 0 Å². The van der Waals surface area contributed by atoms with Crippen molar-refractivity contribution in [2.24, 2.45) is 23.7 Å². The minimum absolute atomic E-state index is 0.0327. The van der Waals surface area contributed by atoms with Crippen LogP contribution in [-0.4, -0.2) is 0 Å². The molecule has 0 radical (unpaired) electrons. The lowest BCUT2D eigenvalue weighted by molar-refractivity contribution is 0.132. The highest BCUT2D eigenvalue weighted by atomic mass is 19.1. The predicted molar refractivity (Wildman–Crippen MR) is 98.8 cm³/mol. The van der Waals surface area contributed by atoms with Crippen molar-refractivity contribution in [1.82, 2.24) is 0 Å². The first kappa shape index (κ1) is 17.2. The van der Waals surface area contributed by atoms with Gasteiger partial charge in [0.05, 0.1) is 6.33 Å². The monoisotopic (exact) mass is 344 g/mol. The van der Waals surface area contributed by atoms with Crippen molar-refractivity contribution in [3.8, 4) is 0 Å². The van der Waals surface area contributed by atoms with E-state index in [1.807, 2.05) is 6.07 Å². The molecule has 0 heterocycles. The van der Waals surface area contributed by atoms with E-state index in [2.05, 4.69) is 13.0 Å². The van der Waals surface area contributed by atoms with Gasteiger partial charge in [-0.05, 0) is 110 Å². The molecule has 0 aromatic heterocycles. The fourth-order valence-corrected chi connectivity index (χ4v) is 5.78. The molecule has 1 aromatic carbocycles. The number of rotatable bonds is 2. The maximum atomic E-state index is 14.8. The number of fused-ring (bicyclic) bond motifs is 2. The van der Waals surface area contributed by atoms with Gasteiger partial charge < -0.3 is 0 Å². The summed E-state index contributed by atoms with van der Waals surface area (Å²) < 4.78 is 27.3. The van der Waals surface area contributed by atoms with Crippen LogP contribution >= 0.6 is 0 Å². The van der Waals surface area contributed by atoms with Crippen LogP contribution in [0.5, 0.6) is 0 Å². The summed E-state index contributed by atoms with van der Waals surface area (Å²) in [6.07, 6.45) is 12.7. The van der Waals surface area contributed by atoms with Gasteiger partial charge >= 0.3 is 0 Å². The summed E-state index contributed by atoms with van der Waals surface area (Å²) in [4.78, 5) is 0. The lowest BCUT2D eigenvalue weighted by atomic mass is 9.63. The van der Waals surface area contributed by atoms with Gasteiger partial charge in [0, 0.05) is 0 Å². The lowest BCUT2D eigenvalue weighted by Gasteiger charge is -2.42. The molecule has 0 spiro atoms. The second-order valence-corrected chi connectivity index (χ2v) is 8.91. The van der Waals surface area contributed by atoms with E-state index >= 15 is 0 Å². The molecule has 2 fully saturated rings. The highest BCUT2D eigenvalue weighted by Crippen LogP contribution is 2.48. The Morgan fingerprint density at radius 3 is 2.60 bits per heavy atom. The number of hydrogen-bond donors (Lipinski definition) is 0. The van der Waals surface area contributed by atoms with Gasteiger partial charge in [-0.15, -0.1) is 0 Å². The molecule has 3 aliphatic carbocycles. The van der Waals surface area contributed by atoms with Crippen LogP contribution in [0.15, 0.2) is 24.5 Å². The highest BCUT2D eigenvalue weighted by Gasteiger charge is 2.36. The summed E-state index contributed by atoms with van der Waals surface area (Å²) >= 11 is 0. The Morgan fingerprint density at radius 1 is 0.960 bits per heavy atom. The predicted octanol–water partition coefficient (Wildman–Crippen LogP) is 6.73. The molecule has 0 aliphatic heterocycles. The van der Waals surface area contributed by atoms with E-state index in [-0.39, 0.29) is 5.82 Å². The molecular weight excluding hydrogens is 314 g/mol. The van der Waals surface area contributed by atoms with Crippen LogP contribution < -0.4 is 0 Å². The van der Waals surface area contributed by atoms with Gasteiger partial charge in [0.15, 0.2) is 0 Å². The maximum absolute atomic E-state index is 14.8. The molecule has 5 unspecified atom stereocenters. The zero-order valence-corrected chi connectivity index (χ0v) is 15.3. The van der Waals surface area contributed by atoms with Gasteiger partial charge in [0.2, 0.25) is 0 Å². The molecule has 0 nitrogen and oxygen atoms in total. The molecule has 2 saturated carbocycles. The number of benzene rings is 1. The van der Waals surface area contributed by atoms with Gasteiger partial charge in [-0.3, -0.25) is 0 Å². The molecular formula is C23H30F2. The molecule has 0 N–H and O–H groups in total. The second-order valence-electron chi connectivity index (χ2n) is 8.91. The van der Waals surface area contributed by atoms with Crippen LogP contribution in [0.3, 0.4) is 0 Å². The fourth-order valence-electron chi connectivity index (χ4n) is 5.78. The Hall–Kier alpha value is -1.18. The van der Waals surface area contributed by atoms with Gasteiger partial charge in [0.1, 0.15) is 5.82 Å². The van der Waals surface area contributed by atoms with E-state index in [0.717, 1.165) is 50.4 Å². The number of halogens is 2. The maximum Gasteiger partial charge on any atom is 0.126 e. The second kappa shape index (κ2) is 7.21. The molecule has 0 saturated heterocycles. The average molecular weight is 344 g/mol. The smallest absolute Gasteiger partial charge is 0.126 e. The minimum Gasteiger partial charge on any atom is -0.216 e. The third-order valence-corrected chi connectivity index (χ3v) is 7.23. The van der Waals surface area contributed by atoms with Gasteiger partial charge in [-0.25, -0.2) is 8.78 Å². The minimum atomic E-state index is 0.0327. The Bertz CT molecular complexity index is 648. The summed E-state index contributed by atoms with van der Waals surface area (Å²) in [7, 11) is 0. The van der Waals surface area contributed by atoms with Crippen molar-refractivity contribution in [2.75, 3.05) is 0 Å². The van der Waals surface area contributed by atoms with Crippen LogP contribution in [0.4, 0.5) is 8.78 Å². The first-order valence-corrected chi connectivity index (χ1v) is 10.2. The zero-order chi connectivity index (χ0) is 17.4. The van der Waals surface area contributed by atoms with E-state index in [1.54, 1.807) is 6.08 Å². The van der Waals surface area contributed by atoms with Crippen LogP contribution in [0.2, 0.25) is 0 Å². The quantitative estimate of drug-likeness (QED) is 0.558. The lowest BCUT2D eigenvalue weighted by Crippen LogP contribution is -2.30. The Labute approximate surface area is 150 Å². The molecule has 2 heteroatoms. The van der Waals surface area contributed by atoms with Crippen molar-refractivity contribution in [2.45, 2.75) is 70.6 Å². The van der Waals surface area contributed by atoms with Crippen molar-refractivity contribution in [1.29, 1.82) is 0 Å². The Morgan fingerprint density at radius 2 is 1.76 bits per heavy atom. The van der Waals surface area contributed by atoms with E-state index in [4.69, 9.17) is 0 Å². The number of aryl methyl sites for hydroxylation is 1. The normalized spacial score (nSPS) is 35.4. The average Bonchev–Trinajstić information content (AvgIpc) is 2.61. The first-order chi connectivity index (χ1) is 12.1. The molecule has 0 bridgehead atoms. The summed E-state index contributed by atoms with van der Waals surface area (Å²) in [6.45, 7) is 2.27. The standard InChI is InChI=1S/C23H30F2/c1-15-2-4-19-13-22(23(25)14-21(19)10-15)20-7-6-17-11-16(8-9-24)3-5-18(17)12-20/h8-9,13-18,20H,2-7,10-12H2,1H3/b9-8+. The summed E-state index contributed by atoms with van der Waals surface area (Å²) in [6, 6.07) is 4.05. The first-order valence-electron chi connectivity index (χ1n) is 10.2. The summed E-state index contributed by atoms with van der Waals surface area (Å²) in [5, 5.41) is 0. The Kier molecular flexibility index (Phi) is 4.97. The van der Waals surface area contributed by atoms with Crippen molar-refractivity contribution >= 4 is 0 Å². The van der Waals surface area contributed by atoms with Gasteiger partial charge in [-0.2, -0.15) is 0 Å². The zero-order valence-electron chi connectivity index (χ0n) is 15.3. The highest BCUT2D eigenvalue weighted by molar-refractivity contribution is 5.37. The van der Waals surface area contributed by atoms with Gasteiger partial charge in [-0.1, -0.05) is 19.1 Å². The van der Waals surface area contributed by atoms with Crippen LogP contribution in [0, 0.1) is 29.5 Å².